The van der Waals surface area contributed by atoms with E-state index in [2.05, 4.69) is 4.98 Å². The summed E-state index contributed by atoms with van der Waals surface area (Å²) in [6.07, 6.45) is 4.35. The SMILES string of the molecule is CSCCC(C)N(C)S(=O)(=O)c1c[nH]c(CN)c1. The first-order chi connectivity index (χ1) is 8.43. The highest BCUT2D eigenvalue weighted by Crippen LogP contribution is 2.19. The molecule has 18 heavy (non-hydrogen) atoms. The summed E-state index contributed by atoms with van der Waals surface area (Å²) in [6.45, 7) is 2.23. The van der Waals surface area contributed by atoms with Gasteiger partial charge in [-0.25, -0.2) is 8.42 Å². The molecule has 1 heterocycles. The second-order valence-electron chi connectivity index (χ2n) is 4.22. The van der Waals surface area contributed by atoms with E-state index in [9.17, 15) is 8.42 Å². The van der Waals surface area contributed by atoms with Crippen molar-refractivity contribution in [2.24, 2.45) is 5.73 Å². The molecule has 0 amide bonds. The van der Waals surface area contributed by atoms with Crippen molar-refractivity contribution in [1.29, 1.82) is 0 Å². The molecule has 7 heteroatoms. The Morgan fingerprint density at radius 3 is 2.72 bits per heavy atom. The van der Waals surface area contributed by atoms with E-state index < -0.39 is 10.0 Å². The molecule has 1 unspecified atom stereocenters. The zero-order valence-corrected chi connectivity index (χ0v) is 12.6. The largest absolute Gasteiger partial charge is 0.363 e. The number of nitrogens with two attached hydrogens (primary N) is 1. The summed E-state index contributed by atoms with van der Waals surface area (Å²) < 4.78 is 26.1. The smallest absolute Gasteiger partial charge is 0.244 e. The lowest BCUT2D eigenvalue weighted by molar-refractivity contribution is 0.382. The third kappa shape index (κ3) is 3.50. The molecule has 1 rings (SSSR count). The van der Waals surface area contributed by atoms with Crippen molar-refractivity contribution >= 4 is 21.8 Å². The molecular formula is C11H21N3O2S2. The molecule has 3 N–H and O–H groups in total. The quantitative estimate of drug-likeness (QED) is 0.792. The van der Waals surface area contributed by atoms with Gasteiger partial charge in [-0.15, -0.1) is 0 Å². The summed E-state index contributed by atoms with van der Waals surface area (Å²) >= 11 is 1.72. The van der Waals surface area contributed by atoms with E-state index in [4.69, 9.17) is 5.73 Å². The molecule has 0 aliphatic heterocycles. The molecule has 5 nitrogen and oxygen atoms in total. The van der Waals surface area contributed by atoms with Crippen molar-refractivity contribution in [2.45, 2.75) is 30.8 Å². The van der Waals surface area contributed by atoms with Gasteiger partial charge in [0, 0.05) is 31.5 Å². The number of nitrogens with one attached hydrogen (secondary N) is 1. The van der Waals surface area contributed by atoms with Crippen LogP contribution in [0.3, 0.4) is 0 Å². The monoisotopic (exact) mass is 291 g/mol. The number of H-pyrrole nitrogens is 1. The van der Waals surface area contributed by atoms with E-state index in [0.29, 0.717) is 6.54 Å². The van der Waals surface area contributed by atoms with Crippen LogP contribution >= 0.6 is 11.8 Å². The molecule has 0 saturated carbocycles. The summed E-state index contributed by atoms with van der Waals surface area (Å²) in [5.41, 5.74) is 6.19. The lowest BCUT2D eigenvalue weighted by Crippen LogP contribution is -2.35. The molecule has 0 aliphatic rings. The molecule has 0 saturated heterocycles. The van der Waals surface area contributed by atoms with Crippen LogP contribution in [-0.4, -0.2) is 42.8 Å². The maximum absolute atomic E-state index is 12.3. The van der Waals surface area contributed by atoms with Gasteiger partial charge in [-0.1, -0.05) is 0 Å². The highest BCUT2D eigenvalue weighted by molar-refractivity contribution is 7.98. The van der Waals surface area contributed by atoms with Gasteiger partial charge < -0.3 is 10.7 Å². The first-order valence-electron chi connectivity index (χ1n) is 5.77. The predicted octanol–water partition coefficient (Wildman–Crippen LogP) is 1.24. The van der Waals surface area contributed by atoms with Crippen molar-refractivity contribution in [2.75, 3.05) is 19.1 Å². The maximum atomic E-state index is 12.3. The summed E-state index contributed by atoms with van der Waals surface area (Å²) in [4.78, 5) is 3.14. The second kappa shape index (κ2) is 6.60. The van der Waals surface area contributed by atoms with Gasteiger partial charge in [-0.3, -0.25) is 0 Å². The van der Waals surface area contributed by atoms with Gasteiger partial charge in [-0.2, -0.15) is 16.1 Å². The molecule has 0 fully saturated rings. The molecule has 104 valence electrons. The predicted molar refractivity (Wildman–Crippen MR) is 76.1 cm³/mol. The summed E-state index contributed by atoms with van der Waals surface area (Å²) in [5.74, 6) is 0.947. The van der Waals surface area contributed by atoms with Crippen molar-refractivity contribution in [1.82, 2.24) is 9.29 Å². The highest BCUT2D eigenvalue weighted by atomic mass is 32.2. The third-order valence-electron chi connectivity index (χ3n) is 2.97. The summed E-state index contributed by atoms with van der Waals surface area (Å²) in [7, 11) is -1.80. The van der Waals surface area contributed by atoms with Crippen LogP contribution in [0, 0.1) is 0 Å². The zero-order valence-electron chi connectivity index (χ0n) is 11.0. The first kappa shape index (κ1) is 15.6. The van der Waals surface area contributed by atoms with Crippen LogP contribution in [0.15, 0.2) is 17.2 Å². The number of hydrogen-bond acceptors (Lipinski definition) is 4. The Morgan fingerprint density at radius 1 is 1.56 bits per heavy atom. The Morgan fingerprint density at radius 2 is 2.22 bits per heavy atom. The molecule has 0 aromatic carbocycles. The van der Waals surface area contributed by atoms with Gasteiger partial charge in [0.25, 0.3) is 0 Å². The maximum Gasteiger partial charge on any atom is 0.244 e. The van der Waals surface area contributed by atoms with Crippen molar-refractivity contribution in [3.05, 3.63) is 18.0 Å². The Balaban J connectivity index is 2.85. The Hall–Kier alpha value is -0.500. The minimum Gasteiger partial charge on any atom is -0.363 e. The van der Waals surface area contributed by atoms with Gasteiger partial charge in [0.05, 0.1) is 4.90 Å². The van der Waals surface area contributed by atoms with E-state index in [1.807, 2.05) is 13.2 Å². The molecule has 0 radical (unpaired) electrons. The fourth-order valence-corrected chi connectivity index (χ4v) is 3.55. The molecule has 1 aromatic rings. The molecule has 0 aliphatic carbocycles. The van der Waals surface area contributed by atoms with Gasteiger partial charge in [0.1, 0.15) is 0 Å². The Bertz CT molecular complexity index is 470. The average molecular weight is 291 g/mol. The summed E-state index contributed by atoms with van der Waals surface area (Å²) in [5, 5.41) is 0. The third-order valence-corrected chi connectivity index (χ3v) is 5.57. The number of hydrogen-bond donors (Lipinski definition) is 2. The van der Waals surface area contributed by atoms with E-state index in [0.717, 1.165) is 17.9 Å². The topological polar surface area (TPSA) is 79.2 Å². The van der Waals surface area contributed by atoms with E-state index >= 15 is 0 Å². The van der Waals surface area contributed by atoms with Gasteiger partial charge in [0.2, 0.25) is 10.0 Å². The second-order valence-corrected chi connectivity index (χ2v) is 7.20. The number of aromatic amines is 1. The van der Waals surface area contributed by atoms with E-state index in [-0.39, 0.29) is 10.9 Å². The van der Waals surface area contributed by atoms with Crippen molar-refractivity contribution < 1.29 is 8.42 Å². The summed E-state index contributed by atoms with van der Waals surface area (Å²) in [6, 6.07) is 1.58. The lowest BCUT2D eigenvalue weighted by atomic mass is 10.3. The number of rotatable bonds is 7. The Kier molecular flexibility index (Phi) is 5.71. The molecule has 0 bridgehead atoms. The van der Waals surface area contributed by atoms with Crippen LogP contribution in [0.5, 0.6) is 0 Å². The van der Waals surface area contributed by atoms with Crippen LogP contribution in [0.1, 0.15) is 19.0 Å². The lowest BCUT2D eigenvalue weighted by Gasteiger charge is -2.23. The first-order valence-corrected chi connectivity index (χ1v) is 8.61. The zero-order chi connectivity index (χ0) is 13.8. The minimum absolute atomic E-state index is 0.0151. The van der Waals surface area contributed by atoms with Crippen LogP contribution in [-0.2, 0) is 16.6 Å². The van der Waals surface area contributed by atoms with Gasteiger partial charge in [0.15, 0.2) is 0 Å². The number of thioether (sulfide) groups is 1. The fourth-order valence-electron chi connectivity index (χ4n) is 1.56. The van der Waals surface area contributed by atoms with Crippen molar-refractivity contribution in [3.63, 3.8) is 0 Å². The van der Waals surface area contributed by atoms with E-state index in [1.54, 1.807) is 24.9 Å². The van der Waals surface area contributed by atoms with Crippen LogP contribution < -0.4 is 5.73 Å². The van der Waals surface area contributed by atoms with Crippen LogP contribution in [0.2, 0.25) is 0 Å². The van der Waals surface area contributed by atoms with Gasteiger partial charge >= 0.3 is 0 Å². The standard InChI is InChI=1S/C11H21N3O2S2/c1-9(4-5-17-3)14(2)18(15,16)11-6-10(7-12)13-8-11/h6,8-9,13H,4-5,7,12H2,1-3H3. The number of sulfonamides is 1. The van der Waals surface area contributed by atoms with Crippen LogP contribution in [0.4, 0.5) is 0 Å². The van der Waals surface area contributed by atoms with Gasteiger partial charge in [-0.05, 0) is 31.4 Å². The van der Waals surface area contributed by atoms with E-state index in [1.165, 1.54) is 10.5 Å². The van der Waals surface area contributed by atoms with Crippen LogP contribution in [0.25, 0.3) is 0 Å². The molecular weight excluding hydrogens is 270 g/mol. The number of aromatic nitrogens is 1. The normalized spacial score (nSPS) is 14.1. The number of nitrogens with zero attached hydrogens (tertiary/aromatic N) is 1. The fraction of sp³-hybridized carbons (Fsp3) is 0.636. The molecule has 1 atom stereocenters. The van der Waals surface area contributed by atoms with Crippen molar-refractivity contribution in [3.8, 4) is 0 Å². The Labute approximate surface area is 113 Å². The minimum atomic E-state index is -3.42. The molecule has 1 aromatic heterocycles. The molecule has 0 spiro atoms. The highest BCUT2D eigenvalue weighted by Gasteiger charge is 2.25. The average Bonchev–Trinajstić information content (AvgIpc) is 2.84.